The van der Waals surface area contributed by atoms with Crippen molar-refractivity contribution < 1.29 is 4.74 Å². The van der Waals surface area contributed by atoms with E-state index >= 15 is 0 Å². The first kappa shape index (κ1) is 17.3. The summed E-state index contributed by atoms with van der Waals surface area (Å²) in [5, 5.41) is 0. The van der Waals surface area contributed by atoms with Crippen LogP contribution in [-0.2, 0) is 4.74 Å². The van der Waals surface area contributed by atoms with Crippen molar-refractivity contribution in [1.29, 1.82) is 0 Å². The number of rotatable bonds is 7. The molecule has 1 aliphatic rings. The van der Waals surface area contributed by atoms with Crippen LogP contribution in [-0.4, -0.2) is 54.8 Å². The van der Waals surface area contributed by atoms with E-state index in [1.165, 1.54) is 12.2 Å². The molecule has 0 aromatic carbocycles. The van der Waals surface area contributed by atoms with E-state index in [1.807, 2.05) is 11.8 Å². The van der Waals surface area contributed by atoms with Crippen molar-refractivity contribution in [1.82, 2.24) is 4.90 Å². The Balaban J connectivity index is 2.82. The van der Waals surface area contributed by atoms with Gasteiger partial charge in [-0.25, -0.2) is 0 Å². The summed E-state index contributed by atoms with van der Waals surface area (Å²) in [6, 6.07) is 0.615. The van der Waals surface area contributed by atoms with Crippen molar-refractivity contribution >= 4 is 11.8 Å². The molecular weight excluding hydrogens is 256 g/mol. The van der Waals surface area contributed by atoms with Gasteiger partial charge in [0.05, 0.1) is 6.10 Å². The maximum absolute atomic E-state index is 6.19. The van der Waals surface area contributed by atoms with Crippen molar-refractivity contribution in [3.05, 3.63) is 0 Å². The molecule has 0 bridgehead atoms. The number of hydrogen-bond acceptors (Lipinski definition) is 4. The van der Waals surface area contributed by atoms with Gasteiger partial charge in [-0.15, -0.1) is 0 Å². The van der Waals surface area contributed by atoms with Crippen LogP contribution >= 0.6 is 11.8 Å². The molecule has 1 aliphatic heterocycles. The molecule has 4 heteroatoms. The quantitative estimate of drug-likeness (QED) is 0.781. The molecule has 1 heterocycles. The van der Waals surface area contributed by atoms with Crippen LogP contribution in [0, 0.1) is 5.92 Å². The van der Waals surface area contributed by atoms with E-state index in [1.54, 1.807) is 0 Å². The molecule has 3 nitrogen and oxygen atoms in total. The first-order chi connectivity index (χ1) is 9.00. The van der Waals surface area contributed by atoms with Crippen LogP contribution in [0.4, 0.5) is 0 Å². The Hall–Kier alpha value is 0.230. The van der Waals surface area contributed by atoms with Crippen molar-refractivity contribution in [2.75, 3.05) is 32.2 Å². The molecule has 19 heavy (non-hydrogen) atoms. The fourth-order valence-electron chi connectivity index (χ4n) is 3.10. The normalized spacial score (nSPS) is 30.0. The molecular formula is C15H32N2OS. The Morgan fingerprint density at radius 2 is 2.16 bits per heavy atom. The zero-order chi connectivity index (χ0) is 14.5. The third-order valence-corrected chi connectivity index (χ3v) is 5.45. The molecule has 0 aliphatic carbocycles. The Kier molecular flexibility index (Phi) is 7.15. The van der Waals surface area contributed by atoms with E-state index < -0.39 is 0 Å². The lowest BCUT2D eigenvalue weighted by molar-refractivity contribution is -0.0892. The summed E-state index contributed by atoms with van der Waals surface area (Å²) in [5.74, 6) is 1.75. The van der Waals surface area contributed by atoms with Gasteiger partial charge in [-0.1, -0.05) is 20.8 Å². The van der Waals surface area contributed by atoms with Crippen LogP contribution < -0.4 is 5.73 Å². The molecule has 0 aromatic heterocycles. The van der Waals surface area contributed by atoms with E-state index in [0.717, 1.165) is 26.0 Å². The fraction of sp³-hybridized carbons (Fsp3) is 1.00. The van der Waals surface area contributed by atoms with Gasteiger partial charge in [-0.05, 0) is 38.5 Å². The number of nitrogens with zero attached hydrogens (tertiary/aromatic N) is 1. The van der Waals surface area contributed by atoms with Gasteiger partial charge in [0.25, 0.3) is 0 Å². The van der Waals surface area contributed by atoms with Crippen LogP contribution in [0.3, 0.4) is 0 Å². The van der Waals surface area contributed by atoms with Crippen molar-refractivity contribution in [3.63, 3.8) is 0 Å². The van der Waals surface area contributed by atoms with Gasteiger partial charge >= 0.3 is 0 Å². The van der Waals surface area contributed by atoms with Crippen molar-refractivity contribution in [2.45, 2.75) is 57.7 Å². The van der Waals surface area contributed by atoms with Crippen LogP contribution in [0.25, 0.3) is 0 Å². The minimum Gasteiger partial charge on any atom is -0.378 e. The summed E-state index contributed by atoms with van der Waals surface area (Å²) in [5.41, 5.74) is 6.31. The maximum atomic E-state index is 6.19. The van der Waals surface area contributed by atoms with Crippen LogP contribution in [0.5, 0.6) is 0 Å². The lowest BCUT2D eigenvalue weighted by Crippen LogP contribution is -2.61. The number of hydrogen-bond donors (Lipinski definition) is 1. The average molecular weight is 289 g/mol. The zero-order valence-electron chi connectivity index (χ0n) is 13.3. The topological polar surface area (TPSA) is 38.5 Å². The summed E-state index contributed by atoms with van der Waals surface area (Å²) in [6.45, 7) is 8.36. The smallest absolute Gasteiger partial charge is 0.0616 e. The highest BCUT2D eigenvalue weighted by molar-refractivity contribution is 7.98. The van der Waals surface area contributed by atoms with Gasteiger partial charge in [0.15, 0.2) is 0 Å². The Bertz CT molecular complexity index is 263. The van der Waals surface area contributed by atoms with E-state index in [2.05, 4.69) is 39.0 Å². The summed E-state index contributed by atoms with van der Waals surface area (Å²) in [6.07, 6.45) is 5.86. The lowest BCUT2D eigenvalue weighted by Gasteiger charge is -2.50. The van der Waals surface area contributed by atoms with Gasteiger partial charge in [0.2, 0.25) is 0 Å². The van der Waals surface area contributed by atoms with Gasteiger partial charge in [-0.3, -0.25) is 4.90 Å². The molecule has 0 amide bonds. The second-order valence-electron chi connectivity index (χ2n) is 6.16. The van der Waals surface area contributed by atoms with Gasteiger partial charge in [0, 0.05) is 30.5 Å². The molecule has 3 atom stereocenters. The predicted molar refractivity (Wildman–Crippen MR) is 85.8 cm³/mol. The van der Waals surface area contributed by atoms with E-state index in [4.69, 9.17) is 10.5 Å². The number of ether oxygens (including phenoxy) is 1. The third-order valence-electron chi connectivity index (χ3n) is 4.73. The molecule has 0 radical (unpaired) electrons. The van der Waals surface area contributed by atoms with E-state index in [-0.39, 0.29) is 5.54 Å². The fourth-order valence-corrected chi connectivity index (χ4v) is 3.94. The first-order valence-corrected chi connectivity index (χ1v) is 8.93. The van der Waals surface area contributed by atoms with Crippen molar-refractivity contribution in [3.8, 4) is 0 Å². The summed E-state index contributed by atoms with van der Waals surface area (Å²) < 4.78 is 5.93. The van der Waals surface area contributed by atoms with Crippen molar-refractivity contribution in [2.24, 2.45) is 11.7 Å². The predicted octanol–water partition coefficient (Wildman–Crippen LogP) is 2.59. The first-order valence-electron chi connectivity index (χ1n) is 7.54. The highest BCUT2D eigenvalue weighted by Gasteiger charge is 2.42. The van der Waals surface area contributed by atoms with E-state index in [9.17, 15) is 0 Å². The molecule has 0 spiro atoms. The second-order valence-corrected chi connectivity index (χ2v) is 7.07. The summed E-state index contributed by atoms with van der Waals surface area (Å²) in [4.78, 5) is 2.56. The Morgan fingerprint density at radius 3 is 2.63 bits per heavy atom. The largest absolute Gasteiger partial charge is 0.378 e. The minimum absolute atomic E-state index is 0.129. The SMILES string of the molecule is CCC(CSC)N(C)C1(CN)CCOC(C(C)C)C1. The summed E-state index contributed by atoms with van der Waals surface area (Å²) in [7, 11) is 2.26. The molecule has 1 rings (SSSR count). The van der Waals surface area contributed by atoms with Gasteiger partial charge in [0.1, 0.15) is 0 Å². The van der Waals surface area contributed by atoms with Crippen LogP contribution in [0.2, 0.25) is 0 Å². The number of nitrogens with two attached hydrogens (primary N) is 1. The molecule has 114 valence electrons. The molecule has 3 unspecified atom stereocenters. The molecule has 1 fully saturated rings. The zero-order valence-corrected chi connectivity index (χ0v) is 14.1. The Labute approximate surface area is 123 Å². The molecule has 0 aromatic rings. The van der Waals surface area contributed by atoms with Gasteiger partial charge < -0.3 is 10.5 Å². The standard InChI is InChI=1S/C15H32N2OS/c1-6-13(10-19-5)17(4)15(11-16)7-8-18-14(9-15)12(2)3/h12-14H,6-11,16H2,1-5H3. The second kappa shape index (κ2) is 7.87. The summed E-state index contributed by atoms with van der Waals surface area (Å²) >= 11 is 1.93. The minimum atomic E-state index is 0.129. The number of likely N-dealkylation sites (N-methyl/N-ethyl adjacent to an activating group) is 1. The Morgan fingerprint density at radius 1 is 1.47 bits per heavy atom. The highest BCUT2D eigenvalue weighted by Crippen LogP contribution is 2.34. The monoisotopic (exact) mass is 288 g/mol. The molecule has 2 N–H and O–H groups in total. The average Bonchev–Trinajstić information content (AvgIpc) is 2.43. The molecule has 0 saturated carbocycles. The van der Waals surface area contributed by atoms with E-state index in [0.29, 0.717) is 18.1 Å². The maximum Gasteiger partial charge on any atom is 0.0616 e. The lowest BCUT2D eigenvalue weighted by atomic mass is 9.81. The highest BCUT2D eigenvalue weighted by atomic mass is 32.2. The number of thioether (sulfide) groups is 1. The van der Waals surface area contributed by atoms with Gasteiger partial charge in [-0.2, -0.15) is 11.8 Å². The van der Waals surface area contributed by atoms with Crippen LogP contribution in [0.15, 0.2) is 0 Å². The van der Waals surface area contributed by atoms with Crippen LogP contribution in [0.1, 0.15) is 40.0 Å². The molecule has 1 saturated heterocycles. The third kappa shape index (κ3) is 4.10.